The van der Waals surface area contributed by atoms with Crippen molar-refractivity contribution in [1.29, 1.82) is 0 Å². The molecule has 0 aliphatic rings. The second-order valence-corrected chi connectivity index (χ2v) is 3.95. The first kappa shape index (κ1) is 11.3. The van der Waals surface area contributed by atoms with E-state index in [0.29, 0.717) is 0 Å². The van der Waals surface area contributed by atoms with Crippen LogP contribution < -0.4 is 0 Å². The van der Waals surface area contributed by atoms with Crippen molar-refractivity contribution in [3.63, 3.8) is 0 Å². The molecule has 0 aromatic heterocycles. The predicted octanol–water partition coefficient (Wildman–Crippen LogP) is 2.95. The first-order valence-corrected chi connectivity index (χ1v) is 5.48. The van der Waals surface area contributed by atoms with Crippen LogP contribution in [0.4, 0.5) is 0 Å². The molecule has 14 heavy (non-hydrogen) atoms. The lowest BCUT2D eigenvalue weighted by Crippen LogP contribution is -2.01. The molecule has 0 aliphatic carbocycles. The minimum atomic E-state index is -0.190. The van der Waals surface area contributed by atoms with Crippen LogP contribution in [0.5, 0.6) is 0 Å². The van der Waals surface area contributed by atoms with Crippen molar-refractivity contribution in [2.75, 3.05) is 0 Å². The average molecular weight is 192 g/mol. The third-order valence-electron chi connectivity index (χ3n) is 2.41. The number of aliphatic hydroxyl groups is 1. The second kappa shape index (κ2) is 5.82. The van der Waals surface area contributed by atoms with Crippen molar-refractivity contribution in [3.05, 3.63) is 35.4 Å². The topological polar surface area (TPSA) is 20.2 Å². The second-order valence-electron chi connectivity index (χ2n) is 3.95. The number of aryl methyl sites for hydroxylation is 2. The molecule has 1 heteroatoms. The van der Waals surface area contributed by atoms with Crippen LogP contribution in [-0.2, 0) is 12.8 Å². The maximum atomic E-state index is 9.15. The average Bonchev–Trinajstić information content (AvgIpc) is 2.17. The van der Waals surface area contributed by atoms with Crippen molar-refractivity contribution in [2.24, 2.45) is 0 Å². The largest absolute Gasteiger partial charge is 0.393 e. The molecule has 1 atom stereocenters. The van der Waals surface area contributed by atoms with Gasteiger partial charge < -0.3 is 5.11 Å². The van der Waals surface area contributed by atoms with Gasteiger partial charge in [0.05, 0.1) is 6.10 Å². The van der Waals surface area contributed by atoms with Gasteiger partial charge in [-0.15, -0.1) is 0 Å². The Morgan fingerprint density at radius 3 is 2.00 bits per heavy atom. The SMILES string of the molecule is CCCc1ccc(CCC(C)O)cc1. The lowest BCUT2D eigenvalue weighted by atomic mass is 10.0. The van der Waals surface area contributed by atoms with E-state index in [2.05, 4.69) is 31.2 Å². The Balaban J connectivity index is 2.46. The van der Waals surface area contributed by atoms with Crippen molar-refractivity contribution in [1.82, 2.24) is 0 Å². The lowest BCUT2D eigenvalue weighted by Gasteiger charge is -2.05. The molecule has 0 aliphatic heterocycles. The van der Waals surface area contributed by atoms with Crippen molar-refractivity contribution >= 4 is 0 Å². The van der Waals surface area contributed by atoms with Gasteiger partial charge >= 0.3 is 0 Å². The summed E-state index contributed by atoms with van der Waals surface area (Å²) in [4.78, 5) is 0. The third-order valence-corrected chi connectivity index (χ3v) is 2.41. The van der Waals surface area contributed by atoms with Gasteiger partial charge in [-0.25, -0.2) is 0 Å². The first-order chi connectivity index (χ1) is 6.72. The smallest absolute Gasteiger partial charge is 0.0515 e. The van der Waals surface area contributed by atoms with Crippen LogP contribution in [0.1, 0.15) is 37.8 Å². The van der Waals surface area contributed by atoms with E-state index < -0.39 is 0 Å². The van der Waals surface area contributed by atoms with E-state index in [1.54, 1.807) is 0 Å². The zero-order chi connectivity index (χ0) is 10.4. The van der Waals surface area contributed by atoms with Crippen molar-refractivity contribution < 1.29 is 5.11 Å². The monoisotopic (exact) mass is 192 g/mol. The maximum Gasteiger partial charge on any atom is 0.0515 e. The highest BCUT2D eigenvalue weighted by Gasteiger charge is 1.98. The Hall–Kier alpha value is -0.820. The quantitative estimate of drug-likeness (QED) is 0.760. The molecule has 0 heterocycles. The third kappa shape index (κ3) is 3.93. The fraction of sp³-hybridized carbons (Fsp3) is 0.538. The Morgan fingerprint density at radius 1 is 1.07 bits per heavy atom. The molecule has 1 aromatic carbocycles. The molecule has 0 bridgehead atoms. The van der Waals surface area contributed by atoms with E-state index in [0.717, 1.165) is 19.3 Å². The molecule has 0 saturated heterocycles. The molecule has 0 saturated carbocycles. The molecular weight excluding hydrogens is 172 g/mol. The molecule has 0 radical (unpaired) electrons. The van der Waals surface area contributed by atoms with Crippen LogP contribution in [0.3, 0.4) is 0 Å². The lowest BCUT2D eigenvalue weighted by molar-refractivity contribution is 0.185. The molecule has 0 spiro atoms. The fourth-order valence-electron chi connectivity index (χ4n) is 1.54. The highest BCUT2D eigenvalue weighted by atomic mass is 16.3. The van der Waals surface area contributed by atoms with Gasteiger partial charge in [0, 0.05) is 0 Å². The minimum absolute atomic E-state index is 0.190. The summed E-state index contributed by atoms with van der Waals surface area (Å²) < 4.78 is 0. The summed E-state index contributed by atoms with van der Waals surface area (Å²) in [5.74, 6) is 0. The van der Waals surface area contributed by atoms with E-state index in [1.807, 2.05) is 6.92 Å². The zero-order valence-electron chi connectivity index (χ0n) is 9.16. The first-order valence-electron chi connectivity index (χ1n) is 5.48. The highest BCUT2D eigenvalue weighted by molar-refractivity contribution is 5.22. The number of hydrogen-bond acceptors (Lipinski definition) is 1. The Bertz CT molecular complexity index is 248. The van der Waals surface area contributed by atoms with Crippen LogP contribution in [0, 0.1) is 0 Å². The van der Waals surface area contributed by atoms with E-state index in [4.69, 9.17) is 5.11 Å². The summed E-state index contributed by atoms with van der Waals surface area (Å²) >= 11 is 0. The Kier molecular flexibility index (Phi) is 4.68. The Labute approximate surface area is 86.8 Å². The van der Waals surface area contributed by atoms with Crippen LogP contribution in [0.25, 0.3) is 0 Å². The van der Waals surface area contributed by atoms with E-state index in [1.165, 1.54) is 17.5 Å². The summed E-state index contributed by atoms with van der Waals surface area (Å²) in [7, 11) is 0. The molecule has 1 unspecified atom stereocenters. The predicted molar refractivity (Wildman–Crippen MR) is 60.4 cm³/mol. The molecule has 78 valence electrons. The standard InChI is InChI=1S/C13H20O/c1-3-4-12-7-9-13(10-8-12)6-5-11(2)14/h7-11,14H,3-6H2,1-2H3. The molecule has 1 N–H and O–H groups in total. The molecule has 1 nitrogen and oxygen atoms in total. The van der Waals surface area contributed by atoms with Gasteiger partial charge in [0.1, 0.15) is 0 Å². The molecule has 0 amide bonds. The van der Waals surface area contributed by atoms with Gasteiger partial charge in [-0.1, -0.05) is 37.6 Å². The molecule has 1 aromatic rings. The van der Waals surface area contributed by atoms with Crippen LogP contribution in [0.15, 0.2) is 24.3 Å². The van der Waals surface area contributed by atoms with Gasteiger partial charge in [-0.2, -0.15) is 0 Å². The van der Waals surface area contributed by atoms with Crippen molar-refractivity contribution in [2.45, 2.75) is 45.6 Å². The van der Waals surface area contributed by atoms with Gasteiger partial charge in [-0.05, 0) is 37.3 Å². The summed E-state index contributed by atoms with van der Waals surface area (Å²) in [5.41, 5.74) is 2.74. The summed E-state index contributed by atoms with van der Waals surface area (Å²) in [6.07, 6.45) is 4.01. The van der Waals surface area contributed by atoms with E-state index in [9.17, 15) is 0 Å². The number of rotatable bonds is 5. The molecule has 1 rings (SSSR count). The van der Waals surface area contributed by atoms with Crippen molar-refractivity contribution in [3.8, 4) is 0 Å². The van der Waals surface area contributed by atoms with Gasteiger partial charge in [0.15, 0.2) is 0 Å². The Morgan fingerprint density at radius 2 is 1.57 bits per heavy atom. The van der Waals surface area contributed by atoms with E-state index >= 15 is 0 Å². The van der Waals surface area contributed by atoms with Crippen LogP contribution in [0.2, 0.25) is 0 Å². The van der Waals surface area contributed by atoms with Crippen LogP contribution >= 0.6 is 0 Å². The number of aliphatic hydroxyl groups excluding tert-OH is 1. The van der Waals surface area contributed by atoms with Crippen LogP contribution in [-0.4, -0.2) is 11.2 Å². The summed E-state index contributed by atoms with van der Waals surface area (Å²) in [6, 6.07) is 8.74. The molecular formula is C13H20O. The highest BCUT2D eigenvalue weighted by Crippen LogP contribution is 2.09. The zero-order valence-corrected chi connectivity index (χ0v) is 9.16. The van der Waals surface area contributed by atoms with Gasteiger partial charge in [-0.3, -0.25) is 0 Å². The number of hydrogen-bond donors (Lipinski definition) is 1. The van der Waals surface area contributed by atoms with Gasteiger partial charge in [0.2, 0.25) is 0 Å². The van der Waals surface area contributed by atoms with E-state index in [-0.39, 0.29) is 6.10 Å². The summed E-state index contributed by atoms with van der Waals surface area (Å²) in [6.45, 7) is 4.03. The van der Waals surface area contributed by atoms with Gasteiger partial charge in [0.25, 0.3) is 0 Å². The fourth-order valence-corrected chi connectivity index (χ4v) is 1.54. The number of benzene rings is 1. The summed E-state index contributed by atoms with van der Waals surface area (Å²) in [5, 5.41) is 9.15. The minimum Gasteiger partial charge on any atom is -0.393 e. The molecule has 0 fully saturated rings. The normalized spacial score (nSPS) is 12.8. The maximum absolute atomic E-state index is 9.15.